The van der Waals surface area contributed by atoms with Crippen molar-refractivity contribution in [3.63, 3.8) is 0 Å². The molecule has 1 aliphatic carbocycles. The fraction of sp³-hybridized carbons (Fsp3) is 0.278. The van der Waals surface area contributed by atoms with E-state index in [0.717, 1.165) is 23.6 Å². The van der Waals surface area contributed by atoms with Crippen LogP contribution < -0.4 is 10.0 Å². The first kappa shape index (κ1) is 16.2. The van der Waals surface area contributed by atoms with Crippen molar-refractivity contribution in [1.82, 2.24) is 4.72 Å². The monoisotopic (exact) mass is 360 g/mol. The molecule has 2 N–H and O–H groups in total. The normalized spacial score (nSPS) is 19.2. The third-order valence-corrected chi connectivity index (χ3v) is 6.26. The molecule has 0 aromatic heterocycles. The summed E-state index contributed by atoms with van der Waals surface area (Å²) in [5.41, 5.74) is 3.03. The van der Waals surface area contributed by atoms with E-state index in [1.54, 1.807) is 0 Å². The van der Waals surface area contributed by atoms with Crippen LogP contribution in [0.5, 0.6) is 0 Å². The molecule has 0 saturated carbocycles. The van der Waals surface area contributed by atoms with Gasteiger partial charge in [-0.1, -0.05) is 24.3 Å². The maximum absolute atomic E-state index is 14.4. The Balaban J connectivity index is 1.66. The molecule has 1 unspecified atom stereocenters. The molecule has 0 radical (unpaired) electrons. The van der Waals surface area contributed by atoms with Gasteiger partial charge in [0.25, 0.3) is 0 Å². The van der Waals surface area contributed by atoms with E-state index in [-0.39, 0.29) is 23.3 Å². The highest BCUT2D eigenvalue weighted by atomic mass is 32.2. The SMILES string of the molecule is O=C1CCc2cc(S(=O)(=O)NC3CCc4ccccc43)c(F)cc2N1. The zero-order valence-electron chi connectivity index (χ0n) is 13.4. The number of amides is 1. The molecule has 2 aliphatic rings. The van der Waals surface area contributed by atoms with Gasteiger partial charge in [-0.2, -0.15) is 0 Å². The lowest BCUT2D eigenvalue weighted by molar-refractivity contribution is -0.116. The predicted octanol–water partition coefficient (Wildman–Crippen LogP) is 2.68. The summed E-state index contributed by atoms with van der Waals surface area (Å²) in [4.78, 5) is 11.0. The van der Waals surface area contributed by atoms with E-state index < -0.39 is 15.8 Å². The Morgan fingerprint density at radius 3 is 2.72 bits per heavy atom. The van der Waals surface area contributed by atoms with Crippen molar-refractivity contribution in [3.8, 4) is 0 Å². The number of anilines is 1. The van der Waals surface area contributed by atoms with Crippen molar-refractivity contribution in [2.24, 2.45) is 0 Å². The Kier molecular flexibility index (Phi) is 3.85. The molecule has 0 fully saturated rings. The summed E-state index contributed by atoms with van der Waals surface area (Å²) in [5, 5.41) is 2.57. The van der Waals surface area contributed by atoms with Gasteiger partial charge in [-0.05, 0) is 48.1 Å². The highest BCUT2D eigenvalue weighted by Crippen LogP contribution is 2.33. The number of hydrogen-bond acceptors (Lipinski definition) is 3. The lowest BCUT2D eigenvalue weighted by atomic mass is 10.0. The molecule has 4 rings (SSSR count). The number of carbonyl (C=O) groups excluding carboxylic acids is 1. The number of halogens is 1. The van der Waals surface area contributed by atoms with E-state index in [0.29, 0.717) is 24.1 Å². The van der Waals surface area contributed by atoms with Crippen LogP contribution in [0.15, 0.2) is 41.3 Å². The molecule has 1 atom stereocenters. The maximum Gasteiger partial charge on any atom is 0.244 e. The lowest BCUT2D eigenvalue weighted by Crippen LogP contribution is -2.29. The van der Waals surface area contributed by atoms with Crippen LogP contribution in [0.1, 0.15) is 35.6 Å². The fourth-order valence-corrected chi connectivity index (χ4v) is 4.88. The first-order valence-electron chi connectivity index (χ1n) is 8.16. The minimum absolute atomic E-state index is 0.191. The van der Waals surface area contributed by atoms with Gasteiger partial charge in [-0.15, -0.1) is 0 Å². The van der Waals surface area contributed by atoms with Gasteiger partial charge in [0.1, 0.15) is 10.7 Å². The predicted molar refractivity (Wildman–Crippen MR) is 91.2 cm³/mol. The summed E-state index contributed by atoms with van der Waals surface area (Å²) in [5.74, 6) is -1.05. The topological polar surface area (TPSA) is 75.3 Å². The van der Waals surface area contributed by atoms with Crippen LogP contribution in [0.2, 0.25) is 0 Å². The van der Waals surface area contributed by atoms with Crippen molar-refractivity contribution < 1.29 is 17.6 Å². The van der Waals surface area contributed by atoms with Crippen LogP contribution in [-0.2, 0) is 27.7 Å². The van der Waals surface area contributed by atoms with Crippen LogP contribution in [0.4, 0.5) is 10.1 Å². The van der Waals surface area contributed by atoms with Gasteiger partial charge in [0.2, 0.25) is 15.9 Å². The molecule has 1 heterocycles. The Morgan fingerprint density at radius 1 is 1.08 bits per heavy atom. The molecule has 130 valence electrons. The summed E-state index contributed by atoms with van der Waals surface area (Å²) in [6.07, 6.45) is 2.11. The zero-order valence-corrected chi connectivity index (χ0v) is 14.2. The summed E-state index contributed by atoms with van der Waals surface area (Å²) in [6, 6.07) is 9.73. The third kappa shape index (κ3) is 2.94. The molecular formula is C18H17FN2O3S. The Morgan fingerprint density at radius 2 is 1.88 bits per heavy atom. The summed E-state index contributed by atoms with van der Waals surface area (Å²) < 4.78 is 42.5. The smallest absolute Gasteiger partial charge is 0.244 e. The lowest BCUT2D eigenvalue weighted by Gasteiger charge is -2.19. The molecule has 0 spiro atoms. The second-order valence-corrected chi connectivity index (χ2v) is 8.08. The number of nitrogens with one attached hydrogen (secondary N) is 2. The number of fused-ring (bicyclic) bond motifs is 2. The first-order chi connectivity index (χ1) is 11.9. The molecular weight excluding hydrogens is 343 g/mol. The molecule has 0 saturated heterocycles. The van der Waals surface area contributed by atoms with E-state index in [2.05, 4.69) is 10.0 Å². The summed E-state index contributed by atoms with van der Waals surface area (Å²) >= 11 is 0. The molecule has 1 amide bonds. The molecule has 25 heavy (non-hydrogen) atoms. The van der Waals surface area contributed by atoms with E-state index in [9.17, 15) is 17.6 Å². The summed E-state index contributed by atoms with van der Waals surface area (Å²) in [6.45, 7) is 0. The van der Waals surface area contributed by atoms with E-state index >= 15 is 0 Å². The van der Waals surface area contributed by atoms with Gasteiger partial charge in [0.05, 0.1) is 0 Å². The van der Waals surface area contributed by atoms with Crippen molar-refractivity contribution in [2.75, 3.05) is 5.32 Å². The molecule has 1 aliphatic heterocycles. The highest BCUT2D eigenvalue weighted by Gasteiger charge is 2.30. The van der Waals surface area contributed by atoms with Crippen molar-refractivity contribution >= 4 is 21.6 Å². The molecule has 2 aromatic carbocycles. The van der Waals surface area contributed by atoms with Crippen molar-refractivity contribution in [3.05, 3.63) is 58.9 Å². The minimum Gasteiger partial charge on any atom is -0.326 e. The quantitative estimate of drug-likeness (QED) is 0.884. The third-order valence-electron chi connectivity index (χ3n) is 4.77. The Labute approximate surface area is 145 Å². The van der Waals surface area contributed by atoms with Crippen LogP contribution in [0, 0.1) is 5.82 Å². The van der Waals surface area contributed by atoms with E-state index in [1.165, 1.54) is 6.07 Å². The Hall–Kier alpha value is -2.25. The Bertz CT molecular complexity index is 972. The molecule has 5 nitrogen and oxygen atoms in total. The average Bonchev–Trinajstić information content (AvgIpc) is 2.96. The van der Waals surface area contributed by atoms with Gasteiger partial charge in [-0.3, -0.25) is 4.79 Å². The highest BCUT2D eigenvalue weighted by molar-refractivity contribution is 7.89. The minimum atomic E-state index is -4.00. The second kappa shape index (κ2) is 5.93. The van der Waals surface area contributed by atoms with Crippen LogP contribution in [0.25, 0.3) is 0 Å². The fourth-order valence-electron chi connectivity index (χ4n) is 3.52. The van der Waals surface area contributed by atoms with Crippen molar-refractivity contribution in [2.45, 2.75) is 36.6 Å². The van der Waals surface area contributed by atoms with Crippen molar-refractivity contribution in [1.29, 1.82) is 0 Å². The number of aryl methyl sites for hydroxylation is 2. The standard InChI is InChI=1S/C18H17FN2O3S/c19-14-10-16-12(6-8-18(22)20-16)9-17(14)25(23,24)21-15-7-5-11-3-1-2-4-13(11)15/h1-4,9-10,15,21H,5-8H2,(H,20,22). The number of hydrogen-bond donors (Lipinski definition) is 2. The van der Waals surface area contributed by atoms with Gasteiger partial charge in [0.15, 0.2) is 0 Å². The second-order valence-electron chi connectivity index (χ2n) is 6.40. The number of carbonyl (C=O) groups is 1. The van der Waals surface area contributed by atoms with Crippen LogP contribution >= 0.6 is 0 Å². The van der Waals surface area contributed by atoms with Gasteiger partial charge in [-0.25, -0.2) is 17.5 Å². The molecule has 2 aromatic rings. The number of sulfonamides is 1. The number of benzene rings is 2. The van der Waals surface area contributed by atoms with E-state index in [1.807, 2.05) is 24.3 Å². The summed E-state index contributed by atoms with van der Waals surface area (Å²) in [7, 11) is -4.00. The van der Waals surface area contributed by atoms with Gasteiger partial charge in [0, 0.05) is 18.2 Å². The molecule has 7 heteroatoms. The first-order valence-corrected chi connectivity index (χ1v) is 9.65. The van der Waals surface area contributed by atoms with Crippen LogP contribution in [-0.4, -0.2) is 14.3 Å². The maximum atomic E-state index is 14.4. The average molecular weight is 360 g/mol. The largest absolute Gasteiger partial charge is 0.326 e. The van der Waals surface area contributed by atoms with Gasteiger partial charge >= 0.3 is 0 Å². The van der Waals surface area contributed by atoms with E-state index in [4.69, 9.17) is 0 Å². The molecule has 0 bridgehead atoms. The zero-order chi connectivity index (χ0) is 17.6. The van der Waals surface area contributed by atoms with Crippen LogP contribution in [0.3, 0.4) is 0 Å². The van der Waals surface area contributed by atoms with Gasteiger partial charge < -0.3 is 5.32 Å². The number of rotatable bonds is 3.